The summed E-state index contributed by atoms with van der Waals surface area (Å²) >= 11 is 0. The molecule has 4 nitrogen and oxygen atoms in total. The van der Waals surface area contributed by atoms with Crippen LogP contribution in [0.3, 0.4) is 0 Å². The summed E-state index contributed by atoms with van der Waals surface area (Å²) in [5.74, 6) is 1.10. The van der Waals surface area contributed by atoms with Gasteiger partial charge in [0.05, 0.1) is 13.2 Å². The van der Waals surface area contributed by atoms with E-state index >= 15 is 0 Å². The van der Waals surface area contributed by atoms with Gasteiger partial charge in [0.15, 0.2) is 0 Å². The summed E-state index contributed by atoms with van der Waals surface area (Å²) < 4.78 is 5.32. The highest BCUT2D eigenvalue weighted by atomic mass is 16.5. The van der Waals surface area contributed by atoms with Crippen LogP contribution < -0.4 is 0 Å². The minimum Gasteiger partial charge on any atom is -0.379 e. The fraction of sp³-hybridized carbons (Fsp3) is 0.750. The third kappa shape index (κ3) is 4.33. The maximum absolute atomic E-state index is 5.32. The van der Waals surface area contributed by atoms with E-state index in [1.807, 2.05) is 13.1 Å². The largest absolute Gasteiger partial charge is 0.379 e. The first-order valence-electron chi connectivity index (χ1n) is 5.85. The number of ether oxygens (including phenoxy) is 1. The maximum atomic E-state index is 5.32. The lowest BCUT2D eigenvalue weighted by atomic mass is 10.3. The van der Waals surface area contributed by atoms with E-state index in [2.05, 4.69) is 28.4 Å². The van der Waals surface area contributed by atoms with Crippen LogP contribution in [0, 0.1) is 0 Å². The van der Waals surface area contributed by atoms with Crippen LogP contribution >= 0.6 is 0 Å². The van der Waals surface area contributed by atoms with Crippen molar-refractivity contribution in [2.45, 2.75) is 6.42 Å². The van der Waals surface area contributed by atoms with E-state index in [0.717, 1.165) is 51.6 Å². The van der Waals surface area contributed by atoms with Gasteiger partial charge in [0.2, 0.25) is 0 Å². The SMILES string of the molecule is C=CCC(=NC)N(C)CCN1CCOCC1. The number of nitrogens with zero attached hydrogens (tertiary/aromatic N) is 3. The molecule has 0 saturated carbocycles. The van der Waals surface area contributed by atoms with Crippen molar-refractivity contribution < 1.29 is 4.74 Å². The molecule has 0 radical (unpaired) electrons. The number of rotatable bonds is 5. The Morgan fingerprint density at radius 2 is 2.19 bits per heavy atom. The van der Waals surface area contributed by atoms with Gasteiger partial charge in [0.25, 0.3) is 0 Å². The Kier molecular flexibility index (Phi) is 6.11. The Bertz CT molecular complexity index is 234. The molecule has 0 bridgehead atoms. The number of morpholine rings is 1. The van der Waals surface area contributed by atoms with Crippen molar-refractivity contribution in [2.24, 2.45) is 4.99 Å². The summed E-state index contributed by atoms with van der Waals surface area (Å²) in [5.41, 5.74) is 0. The van der Waals surface area contributed by atoms with Crippen LogP contribution in [-0.2, 0) is 4.74 Å². The van der Waals surface area contributed by atoms with Crippen LogP contribution in [0.4, 0.5) is 0 Å². The number of hydrogen-bond acceptors (Lipinski definition) is 3. The van der Waals surface area contributed by atoms with E-state index in [1.54, 1.807) is 0 Å². The lowest BCUT2D eigenvalue weighted by Gasteiger charge is -2.29. The second-order valence-corrected chi connectivity index (χ2v) is 4.01. The van der Waals surface area contributed by atoms with Crippen molar-refractivity contribution in [3.8, 4) is 0 Å². The highest BCUT2D eigenvalue weighted by Gasteiger charge is 2.11. The fourth-order valence-corrected chi connectivity index (χ4v) is 1.79. The first-order chi connectivity index (χ1) is 7.77. The van der Waals surface area contributed by atoms with Crippen LogP contribution in [0.2, 0.25) is 0 Å². The Labute approximate surface area is 98.6 Å². The lowest BCUT2D eigenvalue weighted by molar-refractivity contribution is 0.0365. The average Bonchev–Trinajstić information content (AvgIpc) is 2.34. The molecule has 0 aliphatic carbocycles. The van der Waals surface area contributed by atoms with Crippen LogP contribution in [0.5, 0.6) is 0 Å². The van der Waals surface area contributed by atoms with E-state index in [9.17, 15) is 0 Å². The zero-order valence-corrected chi connectivity index (χ0v) is 10.5. The molecule has 0 spiro atoms. The minimum atomic E-state index is 0.843. The third-order valence-corrected chi connectivity index (χ3v) is 2.88. The second-order valence-electron chi connectivity index (χ2n) is 4.01. The van der Waals surface area contributed by atoms with E-state index in [0.29, 0.717) is 0 Å². The second kappa shape index (κ2) is 7.41. The Balaban J connectivity index is 2.27. The molecule has 0 aromatic carbocycles. The first-order valence-corrected chi connectivity index (χ1v) is 5.85. The highest BCUT2D eigenvalue weighted by molar-refractivity contribution is 5.83. The van der Waals surface area contributed by atoms with E-state index < -0.39 is 0 Å². The molecule has 0 atom stereocenters. The van der Waals surface area contributed by atoms with Crippen molar-refractivity contribution in [2.75, 3.05) is 53.5 Å². The van der Waals surface area contributed by atoms with Gasteiger partial charge in [-0.2, -0.15) is 0 Å². The fourth-order valence-electron chi connectivity index (χ4n) is 1.79. The summed E-state index contributed by atoms with van der Waals surface area (Å²) in [6.07, 6.45) is 2.74. The van der Waals surface area contributed by atoms with Crippen molar-refractivity contribution in [1.29, 1.82) is 0 Å². The van der Waals surface area contributed by atoms with Crippen LogP contribution in [0.1, 0.15) is 6.42 Å². The molecule has 4 heteroatoms. The van der Waals surface area contributed by atoms with Crippen molar-refractivity contribution in [3.63, 3.8) is 0 Å². The zero-order valence-electron chi connectivity index (χ0n) is 10.5. The van der Waals surface area contributed by atoms with Crippen LogP contribution in [0.25, 0.3) is 0 Å². The molecular weight excluding hydrogens is 202 g/mol. The Hall–Kier alpha value is -0.870. The monoisotopic (exact) mass is 225 g/mol. The molecule has 16 heavy (non-hydrogen) atoms. The van der Waals surface area contributed by atoms with Gasteiger partial charge >= 0.3 is 0 Å². The van der Waals surface area contributed by atoms with Crippen molar-refractivity contribution in [1.82, 2.24) is 9.80 Å². The molecule has 1 saturated heterocycles. The van der Waals surface area contributed by atoms with Gasteiger partial charge in [-0.1, -0.05) is 6.08 Å². The third-order valence-electron chi connectivity index (χ3n) is 2.88. The van der Waals surface area contributed by atoms with Gasteiger partial charge in [0.1, 0.15) is 5.84 Å². The van der Waals surface area contributed by atoms with E-state index in [1.165, 1.54) is 0 Å². The number of likely N-dealkylation sites (N-methyl/N-ethyl adjacent to an activating group) is 1. The zero-order chi connectivity index (χ0) is 11.8. The van der Waals surface area contributed by atoms with Gasteiger partial charge in [-0.15, -0.1) is 6.58 Å². The number of amidine groups is 1. The molecule has 1 rings (SSSR count). The molecule has 0 N–H and O–H groups in total. The summed E-state index contributed by atoms with van der Waals surface area (Å²) in [7, 11) is 3.93. The van der Waals surface area contributed by atoms with Gasteiger partial charge in [-0.25, -0.2) is 0 Å². The van der Waals surface area contributed by atoms with E-state index in [4.69, 9.17) is 4.74 Å². The lowest BCUT2D eigenvalue weighted by Crippen LogP contribution is -2.41. The molecule has 1 heterocycles. The highest BCUT2D eigenvalue weighted by Crippen LogP contribution is 1.99. The molecule has 1 aliphatic rings. The Morgan fingerprint density at radius 3 is 2.75 bits per heavy atom. The molecule has 0 amide bonds. The summed E-state index contributed by atoms with van der Waals surface area (Å²) in [6, 6.07) is 0. The average molecular weight is 225 g/mol. The summed E-state index contributed by atoms with van der Waals surface area (Å²) in [5, 5.41) is 0. The molecule has 92 valence electrons. The molecule has 0 aromatic heterocycles. The van der Waals surface area contributed by atoms with Gasteiger partial charge in [-0.05, 0) is 0 Å². The van der Waals surface area contributed by atoms with Gasteiger partial charge in [0, 0.05) is 46.7 Å². The molecule has 1 aliphatic heterocycles. The van der Waals surface area contributed by atoms with Gasteiger partial charge < -0.3 is 9.64 Å². The standard InChI is InChI=1S/C12H23N3O/c1-4-5-12(13-2)14(3)6-7-15-8-10-16-11-9-15/h4H,1,5-11H2,2-3H3. The van der Waals surface area contributed by atoms with Crippen molar-refractivity contribution >= 4 is 5.84 Å². The summed E-state index contributed by atoms with van der Waals surface area (Å²) in [6.45, 7) is 9.67. The maximum Gasteiger partial charge on any atom is 0.102 e. The molecule has 0 unspecified atom stereocenters. The molecule has 1 fully saturated rings. The predicted octanol–water partition coefficient (Wildman–Crippen LogP) is 0.855. The number of aliphatic imine (C=N–C) groups is 1. The quantitative estimate of drug-likeness (QED) is 0.394. The minimum absolute atomic E-state index is 0.843. The van der Waals surface area contributed by atoms with Crippen molar-refractivity contribution in [3.05, 3.63) is 12.7 Å². The molecular formula is C12H23N3O. The molecule has 0 aromatic rings. The van der Waals surface area contributed by atoms with Crippen LogP contribution in [0.15, 0.2) is 17.6 Å². The predicted molar refractivity (Wildman–Crippen MR) is 68.1 cm³/mol. The van der Waals surface area contributed by atoms with Gasteiger partial charge in [-0.3, -0.25) is 9.89 Å². The van der Waals surface area contributed by atoms with E-state index in [-0.39, 0.29) is 0 Å². The number of hydrogen-bond donors (Lipinski definition) is 0. The smallest absolute Gasteiger partial charge is 0.102 e. The summed E-state index contributed by atoms with van der Waals surface area (Å²) in [4.78, 5) is 8.91. The topological polar surface area (TPSA) is 28.1 Å². The normalized spacial score (nSPS) is 18.5. The van der Waals surface area contributed by atoms with Crippen LogP contribution in [-0.4, -0.2) is 69.1 Å². The first kappa shape index (κ1) is 13.2. The Morgan fingerprint density at radius 1 is 1.50 bits per heavy atom.